The highest BCUT2D eigenvalue weighted by atomic mass is 32.1. The zero-order chi connectivity index (χ0) is 13.1. The number of thiazole rings is 1. The summed E-state index contributed by atoms with van der Waals surface area (Å²) in [4.78, 5) is 5.03. The van der Waals surface area contributed by atoms with Crippen molar-refractivity contribution in [1.82, 2.24) is 10.3 Å². The summed E-state index contributed by atoms with van der Waals surface area (Å²) in [6, 6.07) is 0. The van der Waals surface area contributed by atoms with E-state index < -0.39 is 12.6 Å². The van der Waals surface area contributed by atoms with E-state index in [1.165, 1.54) is 0 Å². The quantitative estimate of drug-likeness (QED) is 0.885. The first-order chi connectivity index (χ1) is 7.81. The third-order valence-corrected chi connectivity index (χ3v) is 3.21. The Labute approximate surface area is 103 Å². The molecule has 1 heterocycles. The van der Waals surface area contributed by atoms with Crippen LogP contribution in [0, 0.1) is 5.92 Å². The predicted molar refractivity (Wildman–Crippen MR) is 63.2 cm³/mol. The first-order valence-electron chi connectivity index (χ1n) is 5.50. The maximum Gasteiger partial charge on any atom is 0.395 e. The van der Waals surface area contributed by atoms with Gasteiger partial charge >= 0.3 is 6.18 Å². The normalized spacial score (nSPS) is 12.4. The van der Waals surface area contributed by atoms with Gasteiger partial charge in [-0.05, 0) is 19.4 Å². The lowest BCUT2D eigenvalue weighted by Crippen LogP contribution is -2.11. The zero-order valence-corrected chi connectivity index (χ0v) is 11.0. The molecule has 1 N–H and O–H groups in total. The summed E-state index contributed by atoms with van der Waals surface area (Å²) in [5.41, 5.74) is 0.804. The molecular weight excluding hydrogens is 249 g/mol. The minimum absolute atomic E-state index is 0.165. The van der Waals surface area contributed by atoms with Gasteiger partial charge in [0.25, 0.3) is 0 Å². The summed E-state index contributed by atoms with van der Waals surface area (Å²) in [6.45, 7) is 4.65. The highest BCUT2D eigenvalue weighted by Crippen LogP contribution is 2.27. The van der Waals surface area contributed by atoms with Crippen LogP contribution in [0.25, 0.3) is 0 Å². The van der Waals surface area contributed by atoms with E-state index in [0.717, 1.165) is 28.3 Å². The van der Waals surface area contributed by atoms with Gasteiger partial charge in [-0.1, -0.05) is 13.8 Å². The van der Waals surface area contributed by atoms with Gasteiger partial charge in [0, 0.05) is 11.4 Å². The van der Waals surface area contributed by atoms with Crippen LogP contribution in [-0.2, 0) is 19.4 Å². The number of aromatic nitrogens is 1. The fourth-order valence-corrected chi connectivity index (χ4v) is 2.67. The van der Waals surface area contributed by atoms with Crippen molar-refractivity contribution >= 4 is 11.3 Å². The lowest BCUT2D eigenvalue weighted by atomic mass is 10.1. The maximum absolute atomic E-state index is 12.3. The maximum atomic E-state index is 12.3. The molecule has 2 nitrogen and oxygen atoms in total. The van der Waals surface area contributed by atoms with Gasteiger partial charge in [0.15, 0.2) is 0 Å². The Hall–Kier alpha value is -0.620. The molecular formula is C11H17F3N2S. The van der Waals surface area contributed by atoms with E-state index in [1.807, 2.05) is 13.8 Å². The SMILES string of the molecule is CNCc1sc(CC(F)(F)F)nc1CC(C)C. The Morgan fingerprint density at radius 2 is 2.00 bits per heavy atom. The highest BCUT2D eigenvalue weighted by Gasteiger charge is 2.30. The van der Waals surface area contributed by atoms with Crippen molar-refractivity contribution in [2.75, 3.05) is 7.05 Å². The summed E-state index contributed by atoms with van der Waals surface area (Å²) < 4.78 is 36.8. The number of hydrogen-bond acceptors (Lipinski definition) is 3. The van der Waals surface area contributed by atoms with Crippen molar-refractivity contribution in [1.29, 1.82) is 0 Å². The molecule has 0 saturated carbocycles. The smallest absolute Gasteiger partial charge is 0.315 e. The van der Waals surface area contributed by atoms with Crippen LogP contribution in [0.4, 0.5) is 13.2 Å². The van der Waals surface area contributed by atoms with Crippen LogP contribution in [0.2, 0.25) is 0 Å². The second-order valence-corrected chi connectivity index (χ2v) is 5.57. The Morgan fingerprint density at radius 1 is 1.35 bits per heavy atom. The first kappa shape index (κ1) is 14.4. The molecule has 0 amide bonds. The van der Waals surface area contributed by atoms with Crippen molar-refractivity contribution in [2.24, 2.45) is 5.92 Å². The molecule has 0 aliphatic heterocycles. The molecule has 0 atom stereocenters. The minimum Gasteiger partial charge on any atom is -0.315 e. The average molecular weight is 266 g/mol. The molecule has 6 heteroatoms. The summed E-state index contributed by atoms with van der Waals surface area (Å²) >= 11 is 1.16. The number of rotatable bonds is 5. The monoisotopic (exact) mass is 266 g/mol. The second-order valence-electron chi connectivity index (χ2n) is 4.40. The van der Waals surface area contributed by atoms with Gasteiger partial charge in [-0.2, -0.15) is 13.2 Å². The van der Waals surface area contributed by atoms with E-state index in [-0.39, 0.29) is 5.01 Å². The average Bonchev–Trinajstić information content (AvgIpc) is 2.44. The lowest BCUT2D eigenvalue weighted by Gasteiger charge is -2.04. The second kappa shape index (κ2) is 5.82. The Balaban J connectivity index is 2.87. The first-order valence-corrected chi connectivity index (χ1v) is 6.32. The fraction of sp³-hybridized carbons (Fsp3) is 0.727. The van der Waals surface area contributed by atoms with Crippen LogP contribution in [-0.4, -0.2) is 18.2 Å². The van der Waals surface area contributed by atoms with E-state index in [0.29, 0.717) is 12.5 Å². The Bertz CT molecular complexity index is 358. The molecule has 1 aromatic rings. The van der Waals surface area contributed by atoms with Gasteiger partial charge in [0.05, 0.1) is 12.1 Å². The van der Waals surface area contributed by atoms with Gasteiger partial charge in [-0.3, -0.25) is 0 Å². The summed E-state index contributed by atoms with van der Waals surface area (Å²) in [5, 5.41) is 3.13. The van der Waals surface area contributed by atoms with Gasteiger partial charge in [0.1, 0.15) is 5.01 Å². The Morgan fingerprint density at radius 3 is 2.47 bits per heavy atom. The molecule has 0 spiro atoms. The van der Waals surface area contributed by atoms with Gasteiger partial charge in [-0.25, -0.2) is 4.98 Å². The molecule has 98 valence electrons. The molecule has 0 fully saturated rings. The number of halogens is 3. The summed E-state index contributed by atoms with van der Waals surface area (Å²) in [7, 11) is 1.78. The molecule has 1 aromatic heterocycles. The summed E-state index contributed by atoms with van der Waals surface area (Å²) in [6.07, 6.45) is -4.37. The molecule has 0 unspecified atom stereocenters. The highest BCUT2D eigenvalue weighted by molar-refractivity contribution is 7.11. The van der Waals surface area contributed by atoms with E-state index in [2.05, 4.69) is 10.3 Å². The molecule has 0 saturated heterocycles. The molecule has 0 aliphatic carbocycles. The van der Waals surface area contributed by atoms with Crippen LogP contribution in [0.15, 0.2) is 0 Å². The van der Waals surface area contributed by atoms with E-state index in [1.54, 1.807) is 7.05 Å². The zero-order valence-electron chi connectivity index (χ0n) is 10.2. The van der Waals surface area contributed by atoms with E-state index in [4.69, 9.17) is 0 Å². The van der Waals surface area contributed by atoms with Crippen molar-refractivity contribution in [3.8, 4) is 0 Å². The van der Waals surface area contributed by atoms with Crippen LogP contribution in [0.3, 0.4) is 0 Å². The fourth-order valence-electron chi connectivity index (χ4n) is 1.53. The van der Waals surface area contributed by atoms with Crippen molar-refractivity contribution in [3.63, 3.8) is 0 Å². The largest absolute Gasteiger partial charge is 0.395 e. The number of hydrogen-bond donors (Lipinski definition) is 1. The van der Waals surface area contributed by atoms with Crippen molar-refractivity contribution < 1.29 is 13.2 Å². The Kier molecular flexibility index (Phi) is 4.94. The number of nitrogens with zero attached hydrogens (tertiary/aromatic N) is 1. The van der Waals surface area contributed by atoms with Crippen LogP contribution in [0.5, 0.6) is 0 Å². The van der Waals surface area contributed by atoms with Crippen molar-refractivity contribution in [2.45, 2.75) is 39.4 Å². The standard InChI is InChI=1S/C11H17F3N2S/c1-7(2)4-8-9(6-15-3)17-10(16-8)5-11(12,13)14/h7,15H,4-6H2,1-3H3. The van der Waals surface area contributed by atoms with Gasteiger partial charge in [0.2, 0.25) is 0 Å². The molecule has 0 bridgehead atoms. The number of nitrogens with one attached hydrogen (secondary N) is 1. The van der Waals surface area contributed by atoms with E-state index >= 15 is 0 Å². The lowest BCUT2D eigenvalue weighted by molar-refractivity contribution is -0.127. The minimum atomic E-state index is -4.18. The van der Waals surface area contributed by atoms with Crippen LogP contribution >= 0.6 is 11.3 Å². The van der Waals surface area contributed by atoms with Crippen LogP contribution in [0.1, 0.15) is 29.4 Å². The third kappa shape index (κ3) is 5.04. The molecule has 1 rings (SSSR count). The summed E-state index contributed by atoms with van der Waals surface area (Å²) in [5.74, 6) is 0.395. The number of alkyl halides is 3. The predicted octanol–water partition coefficient (Wildman–Crippen LogP) is 3.17. The van der Waals surface area contributed by atoms with Crippen LogP contribution < -0.4 is 5.32 Å². The van der Waals surface area contributed by atoms with E-state index in [9.17, 15) is 13.2 Å². The molecule has 17 heavy (non-hydrogen) atoms. The molecule has 0 aliphatic rings. The molecule has 0 radical (unpaired) electrons. The van der Waals surface area contributed by atoms with Gasteiger partial charge in [-0.15, -0.1) is 11.3 Å². The third-order valence-electron chi connectivity index (χ3n) is 2.11. The van der Waals surface area contributed by atoms with Gasteiger partial charge < -0.3 is 5.32 Å². The van der Waals surface area contributed by atoms with Crippen molar-refractivity contribution in [3.05, 3.63) is 15.6 Å². The molecule has 0 aromatic carbocycles. The topological polar surface area (TPSA) is 24.9 Å².